The molecule has 1 heterocycles. The monoisotopic (exact) mass is 219 g/mol. The van der Waals surface area contributed by atoms with Crippen LogP contribution >= 0.6 is 0 Å². The summed E-state index contributed by atoms with van der Waals surface area (Å²) in [4.78, 5) is 0. The molecule has 2 atom stereocenters. The zero-order valence-corrected chi connectivity index (χ0v) is 10.2. The van der Waals surface area contributed by atoms with Crippen molar-refractivity contribution >= 4 is 0 Å². The summed E-state index contributed by atoms with van der Waals surface area (Å²) in [5.41, 5.74) is 1.43. The van der Waals surface area contributed by atoms with Crippen molar-refractivity contribution < 1.29 is 4.74 Å². The van der Waals surface area contributed by atoms with E-state index in [-0.39, 0.29) is 5.54 Å². The predicted octanol–water partition coefficient (Wildman–Crippen LogP) is 2.69. The van der Waals surface area contributed by atoms with Gasteiger partial charge in [0.15, 0.2) is 0 Å². The zero-order chi connectivity index (χ0) is 11.4. The second-order valence-corrected chi connectivity index (χ2v) is 4.76. The highest BCUT2D eigenvalue weighted by molar-refractivity contribution is 5.23. The molecule has 0 spiro atoms. The van der Waals surface area contributed by atoms with Gasteiger partial charge in [0.25, 0.3) is 0 Å². The first-order valence-electron chi connectivity index (χ1n) is 6.15. The highest BCUT2D eigenvalue weighted by atomic mass is 16.5. The molecule has 1 fully saturated rings. The van der Waals surface area contributed by atoms with Crippen molar-refractivity contribution in [2.75, 3.05) is 13.2 Å². The lowest BCUT2D eigenvalue weighted by Crippen LogP contribution is -2.45. The van der Waals surface area contributed by atoms with E-state index < -0.39 is 0 Å². The number of hydrogen-bond donors (Lipinski definition) is 1. The van der Waals surface area contributed by atoms with E-state index in [0.29, 0.717) is 6.04 Å². The molecule has 2 rings (SSSR count). The minimum atomic E-state index is 0.0691. The second-order valence-electron chi connectivity index (χ2n) is 4.76. The molecule has 1 aromatic rings. The van der Waals surface area contributed by atoms with E-state index in [1.807, 2.05) is 0 Å². The topological polar surface area (TPSA) is 21.3 Å². The summed E-state index contributed by atoms with van der Waals surface area (Å²) in [7, 11) is 0. The maximum Gasteiger partial charge on any atom is 0.0620 e. The van der Waals surface area contributed by atoms with Crippen molar-refractivity contribution in [1.29, 1.82) is 0 Å². The van der Waals surface area contributed by atoms with Crippen molar-refractivity contribution in [2.24, 2.45) is 0 Å². The zero-order valence-electron chi connectivity index (χ0n) is 10.2. The van der Waals surface area contributed by atoms with E-state index in [9.17, 15) is 0 Å². The summed E-state index contributed by atoms with van der Waals surface area (Å²) in [6, 6.07) is 11.2. The summed E-state index contributed by atoms with van der Waals surface area (Å²) in [6.07, 6.45) is 2.22. The number of nitrogens with one attached hydrogen (secondary N) is 1. The summed E-state index contributed by atoms with van der Waals surface area (Å²) >= 11 is 0. The van der Waals surface area contributed by atoms with Crippen LogP contribution in [0.4, 0.5) is 0 Å². The van der Waals surface area contributed by atoms with Crippen molar-refractivity contribution in [3.63, 3.8) is 0 Å². The number of rotatable bonds is 4. The van der Waals surface area contributed by atoms with Gasteiger partial charge in [-0.25, -0.2) is 0 Å². The molecule has 0 amide bonds. The lowest BCUT2D eigenvalue weighted by molar-refractivity contribution is 0.181. The third-order valence-corrected chi connectivity index (χ3v) is 3.57. The van der Waals surface area contributed by atoms with Crippen LogP contribution in [0.1, 0.15) is 32.3 Å². The van der Waals surface area contributed by atoms with Crippen LogP contribution < -0.4 is 5.32 Å². The Balaban J connectivity index is 2.12. The van der Waals surface area contributed by atoms with Crippen LogP contribution in [-0.4, -0.2) is 19.3 Å². The molecule has 1 aromatic carbocycles. The van der Waals surface area contributed by atoms with Crippen LogP contribution in [0.15, 0.2) is 30.3 Å². The Kier molecular flexibility index (Phi) is 3.62. The number of ether oxygens (including phenoxy) is 1. The minimum Gasteiger partial charge on any atom is -0.380 e. The third-order valence-electron chi connectivity index (χ3n) is 3.57. The summed E-state index contributed by atoms with van der Waals surface area (Å²) in [5.74, 6) is 0. The molecule has 2 heteroatoms. The third kappa shape index (κ3) is 2.45. The largest absolute Gasteiger partial charge is 0.380 e. The molecule has 0 aromatic heterocycles. The molecular formula is C14H21NO. The average molecular weight is 219 g/mol. The van der Waals surface area contributed by atoms with Crippen LogP contribution in [-0.2, 0) is 10.3 Å². The van der Waals surface area contributed by atoms with E-state index in [4.69, 9.17) is 4.74 Å². The Morgan fingerprint density at radius 3 is 2.69 bits per heavy atom. The SMILES string of the molecule is CCC(C)(NC1CCOC1)c1ccccc1. The van der Waals surface area contributed by atoms with Crippen molar-refractivity contribution in [2.45, 2.75) is 38.3 Å². The van der Waals surface area contributed by atoms with Crippen molar-refractivity contribution in [1.82, 2.24) is 5.32 Å². The lowest BCUT2D eigenvalue weighted by atomic mass is 9.88. The molecule has 2 nitrogen and oxygen atoms in total. The Bertz CT molecular complexity index is 319. The molecule has 88 valence electrons. The molecule has 1 aliphatic heterocycles. The molecule has 16 heavy (non-hydrogen) atoms. The van der Waals surface area contributed by atoms with Crippen LogP contribution in [0.3, 0.4) is 0 Å². The maximum atomic E-state index is 5.42. The van der Waals surface area contributed by atoms with Gasteiger partial charge in [-0.1, -0.05) is 37.3 Å². The summed E-state index contributed by atoms with van der Waals surface area (Å²) in [5, 5.41) is 3.73. The smallest absolute Gasteiger partial charge is 0.0620 e. The number of benzene rings is 1. The Hall–Kier alpha value is -0.860. The first-order chi connectivity index (χ1) is 7.74. The fraction of sp³-hybridized carbons (Fsp3) is 0.571. The Labute approximate surface area is 98.0 Å². The van der Waals surface area contributed by atoms with Gasteiger partial charge in [0.1, 0.15) is 0 Å². The fourth-order valence-corrected chi connectivity index (χ4v) is 2.29. The molecular weight excluding hydrogens is 198 g/mol. The fourth-order valence-electron chi connectivity index (χ4n) is 2.29. The van der Waals surface area contributed by atoms with Crippen LogP contribution in [0, 0.1) is 0 Å². The van der Waals surface area contributed by atoms with Gasteiger partial charge in [0, 0.05) is 18.2 Å². The molecule has 0 saturated carbocycles. The second kappa shape index (κ2) is 4.98. The van der Waals surface area contributed by atoms with Gasteiger partial charge in [-0.3, -0.25) is 0 Å². The highest BCUT2D eigenvalue weighted by Gasteiger charge is 2.28. The quantitative estimate of drug-likeness (QED) is 0.840. The standard InChI is InChI=1S/C14H21NO/c1-3-14(2,12-7-5-4-6-8-12)15-13-9-10-16-11-13/h4-8,13,15H,3,9-11H2,1-2H3. The van der Waals surface area contributed by atoms with Crippen LogP contribution in [0.25, 0.3) is 0 Å². The Morgan fingerprint density at radius 2 is 2.12 bits per heavy atom. The van der Waals surface area contributed by atoms with Gasteiger partial charge in [-0.15, -0.1) is 0 Å². The summed E-state index contributed by atoms with van der Waals surface area (Å²) < 4.78 is 5.42. The van der Waals surface area contributed by atoms with E-state index >= 15 is 0 Å². The molecule has 1 saturated heterocycles. The van der Waals surface area contributed by atoms with E-state index in [1.54, 1.807) is 0 Å². The van der Waals surface area contributed by atoms with Gasteiger partial charge in [0.2, 0.25) is 0 Å². The molecule has 0 aliphatic carbocycles. The van der Waals surface area contributed by atoms with Crippen molar-refractivity contribution in [3.05, 3.63) is 35.9 Å². The normalized spacial score (nSPS) is 24.2. The van der Waals surface area contributed by atoms with Gasteiger partial charge in [-0.2, -0.15) is 0 Å². The molecule has 0 radical (unpaired) electrons. The van der Waals surface area contributed by atoms with E-state index in [2.05, 4.69) is 49.5 Å². The average Bonchev–Trinajstić information content (AvgIpc) is 2.83. The first kappa shape index (κ1) is 11.6. The molecule has 2 unspecified atom stereocenters. The van der Waals surface area contributed by atoms with Gasteiger partial charge < -0.3 is 10.1 Å². The van der Waals surface area contributed by atoms with E-state index in [0.717, 1.165) is 26.1 Å². The molecule has 0 bridgehead atoms. The summed E-state index contributed by atoms with van der Waals surface area (Å²) in [6.45, 7) is 6.26. The lowest BCUT2D eigenvalue weighted by Gasteiger charge is -2.33. The van der Waals surface area contributed by atoms with Gasteiger partial charge in [-0.05, 0) is 25.3 Å². The maximum absolute atomic E-state index is 5.42. The van der Waals surface area contributed by atoms with Crippen molar-refractivity contribution in [3.8, 4) is 0 Å². The van der Waals surface area contributed by atoms with Crippen LogP contribution in [0.5, 0.6) is 0 Å². The number of hydrogen-bond acceptors (Lipinski definition) is 2. The molecule has 1 N–H and O–H groups in total. The minimum absolute atomic E-state index is 0.0691. The molecule has 1 aliphatic rings. The Morgan fingerprint density at radius 1 is 1.38 bits per heavy atom. The van der Waals surface area contributed by atoms with E-state index in [1.165, 1.54) is 5.56 Å². The highest BCUT2D eigenvalue weighted by Crippen LogP contribution is 2.26. The van der Waals surface area contributed by atoms with Gasteiger partial charge in [0.05, 0.1) is 6.61 Å². The first-order valence-corrected chi connectivity index (χ1v) is 6.15. The predicted molar refractivity (Wildman–Crippen MR) is 66.4 cm³/mol. The van der Waals surface area contributed by atoms with Gasteiger partial charge >= 0.3 is 0 Å². The van der Waals surface area contributed by atoms with Crippen LogP contribution in [0.2, 0.25) is 0 Å².